The van der Waals surface area contributed by atoms with E-state index >= 15 is 0 Å². The summed E-state index contributed by atoms with van der Waals surface area (Å²) in [5, 5.41) is 0. The van der Waals surface area contributed by atoms with E-state index in [0.29, 0.717) is 6.42 Å². The van der Waals surface area contributed by atoms with Crippen LogP contribution in [0.2, 0.25) is 0 Å². The van der Waals surface area contributed by atoms with Crippen molar-refractivity contribution in [3.8, 4) is 0 Å². The molecule has 0 aromatic carbocycles. The van der Waals surface area contributed by atoms with E-state index in [4.69, 9.17) is 4.74 Å². The van der Waals surface area contributed by atoms with Gasteiger partial charge in [0.2, 0.25) is 11.8 Å². The van der Waals surface area contributed by atoms with Crippen LogP contribution in [0.25, 0.3) is 0 Å². The molecule has 1 fully saturated rings. The molecule has 2 rings (SSSR count). The van der Waals surface area contributed by atoms with Gasteiger partial charge in [0, 0.05) is 14.0 Å². The van der Waals surface area contributed by atoms with Gasteiger partial charge in [-0.2, -0.15) is 0 Å². The van der Waals surface area contributed by atoms with Gasteiger partial charge in [-0.1, -0.05) is 6.08 Å². The third-order valence-corrected chi connectivity index (χ3v) is 3.46. The molecular weight excluding hydrogens is 222 g/mol. The molecule has 2 aliphatic rings. The summed E-state index contributed by atoms with van der Waals surface area (Å²) in [6, 6.07) is 0. The molecule has 5 nitrogen and oxygen atoms in total. The van der Waals surface area contributed by atoms with Gasteiger partial charge in [-0.05, 0) is 18.9 Å². The van der Waals surface area contributed by atoms with Gasteiger partial charge >= 0.3 is 5.97 Å². The summed E-state index contributed by atoms with van der Waals surface area (Å²) in [5.74, 6) is -1.78. The van der Waals surface area contributed by atoms with Crippen molar-refractivity contribution in [3.63, 3.8) is 0 Å². The second kappa shape index (κ2) is 3.98. The first kappa shape index (κ1) is 11.8. The molecule has 1 saturated heterocycles. The zero-order chi connectivity index (χ0) is 12.7. The van der Waals surface area contributed by atoms with Gasteiger partial charge in [-0.3, -0.25) is 19.3 Å². The molecule has 3 atom stereocenters. The molecule has 0 spiro atoms. The summed E-state index contributed by atoms with van der Waals surface area (Å²) in [7, 11) is 1.48. The van der Waals surface area contributed by atoms with E-state index in [9.17, 15) is 14.4 Å². The number of fused-ring (bicyclic) bond motifs is 1. The van der Waals surface area contributed by atoms with Gasteiger partial charge in [-0.25, -0.2) is 0 Å². The molecule has 0 aromatic heterocycles. The van der Waals surface area contributed by atoms with E-state index in [1.165, 1.54) is 14.0 Å². The Balaban J connectivity index is 2.34. The Hall–Kier alpha value is -1.65. The number of hydrogen-bond acceptors (Lipinski definition) is 4. The fourth-order valence-corrected chi connectivity index (χ4v) is 2.55. The minimum Gasteiger partial charge on any atom is -0.457 e. The highest BCUT2D eigenvalue weighted by atomic mass is 16.5. The standard InChI is InChI=1S/C12H15NO4/c1-6-4-5-8-9(10(6)17-7(2)14)12(16)13(3)11(8)15/h4,8-10H,5H2,1-3H3/t8-,9-,10+/m0/s1. The number of amides is 2. The molecule has 2 amide bonds. The van der Waals surface area contributed by atoms with Gasteiger partial charge in [0.05, 0.1) is 11.8 Å². The predicted molar refractivity (Wildman–Crippen MR) is 58.7 cm³/mol. The van der Waals surface area contributed by atoms with Crippen LogP contribution in [0.4, 0.5) is 0 Å². The smallest absolute Gasteiger partial charge is 0.303 e. The van der Waals surface area contributed by atoms with Crippen molar-refractivity contribution >= 4 is 17.8 Å². The van der Waals surface area contributed by atoms with Crippen molar-refractivity contribution in [1.82, 2.24) is 4.90 Å². The summed E-state index contributed by atoms with van der Waals surface area (Å²) in [6.45, 7) is 3.13. The fraction of sp³-hybridized carbons (Fsp3) is 0.583. The number of nitrogens with zero attached hydrogens (tertiary/aromatic N) is 1. The number of imide groups is 1. The number of esters is 1. The molecular formula is C12H15NO4. The van der Waals surface area contributed by atoms with Crippen molar-refractivity contribution in [1.29, 1.82) is 0 Å². The van der Waals surface area contributed by atoms with Crippen LogP contribution >= 0.6 is 0 Å². The number of allylic oxidation sites excluding steroid dienone is 1. The molecule has 1 aliphatic heterocycles. The van der Waals surface area contributed by atoms with E-state index in [1.54, 1.807) is 0 Å². The second-order valence-corrected chi connectivity index (χ2v) is 4.58. The van der Waals surface area contributed by atoms with Crippen LogP contribution < -0.4 is 0 Å². The van der Waals surface area contributed by atoms with Crippen molar-refractivity contribution < 1.29 is 19.1 Å². The van der Waals surface area contributed by atoms with E-state index in [2.05, 4.69) is 0 Å². The summed E-state index contributed by atoms with van der Waals surface area (Å²) < 4.78 is 5.18. The SMILES string of the molecule is CC(=O)O[C@@H]1C(C)=CC[C@@H]2C(=O)N(C)C(=O)[C@@H]21. The zero-order valence-corrected chi connectivity index (χ0v) is 10.1. The molecule has 1 aliphatic carbocycles. The molecule has 17 heavy (non-hydrogen) atoms. The quantitative estimate of drug-likeness (QED) is 0.378. The highest BCUT2D eigenvalue weighted by Gasteiger charge is 2.52. The van der Waals surface area contributed by atoms with Gasteiger partial charge in [0.15, 0.2) is 0 Å². The Kier molecular flexibility index (Phi) is 2.77. The number of carbonyl (C=O) groups is 3. The van der Waals surface area contributed by atoms with Gasteiger partial charge in [-0.15, -0.1) is 0 Å². The Morgan fingerprint density at radius 2 is 2.06 bits per heavy atom. The third-order valence-electron chi connectivity index (χ3n) is 3.46. The summed E-state index contributed by atoms with van der Waals surface area (Å²) in [5.41, 5.74) is 0.845. The topological polar surface area (TPSA) is 63.7 Å². The Morgan fingerprint density at radius 1 is 1.41 bits per heavy atom. The van der Waals surface area contributed by atoms with E-state index in [1.807, 2.05) is 13.0 Å². The van der Waals surface area contributed by atoms with E-state index < -0.39 is 18.0 Å². The molecule has 0 N–H and O–H groups in total. The van der Waals surface area contributed by atoms with Gasteiger partial charge in [0.25, 0.3) is 0 Å². The zero-order valence-electron chi connectivity index (χ0n) is 10.1. The number of hydrogen-bond donors (Lipinski definition) is 0. The monoisotopic (exact) mass is 237 g/mol. The average Bonchev–Trinajstić information content (AvgIpc) is 2.47. The normalized spacial score (nSPS) is 32.3. The highest BCUT2D eigenvalue weighted by Crippen LogP contribution is 2.38. The number of likely N-dealkylation sites (tertiary alicyclic amines) is 1. The van der Waals surface area contributed by atoms with Crippen LogP contribution in [0.15, 0.2) is 11.6 Å². The fourth-order valence-electron chi connectivity index (χ4n) is 2.55. The molecule has 0 unspecified atom stereocenters. The van der Waals surface area contributed by atoms with Crippen LogP contribution in [0.3, 0.4) is 0 Å². The molecule has 1 heterocycles. The minimum atomic E-state index is -0.590. The van der Waals surface area contributed by atoms with Crippen LogP contribution in [0, 0.1) is 11.8 Å². The minimum absolute atomic E-state index is 0.180. The van der Waals surface area contributed by atoms with Crippen LogP contribution in [0.1, 0.15) is 20.3 Å². The first-order valence-corrected chi connectivity index (χ1v) is 5.58. The van der Waals surface area contributed by atoms with E-state index in [0.717, 1.165) is 10.5 Å². The van der Waals surface area contributed by atoms with Crippen LogP contribution in [-0.4, -0.2) is 35.8 Å². The number of rotatable bonds is 1. The van der Waals surface area contributed by atoms with Crippen LogP contribution in [0.5, 0.6) is 0 Å². The number of ether oxygens (including phenoxy) is 1. The first-order chi connectivity index (χ1) is 7.93. The summed E-state index contributed by atoms with van der Waals surface area (Å²) >= 11 is 0. The Bertz CT molecular complexity index is 426. The van der Waals surface area contributed by atoms with Crippen molar-refractivity contribution in [2.75, 3.05) is 7.05 Å². The van der Waals surface area contributed by atoms with Gasteiger partial charge in [0.1, 0.15) is 6.10 Å². The van der Waals surface area contributed by atoms with Gasteiger partial charge < -0.3 is 4.74 Å². The molecule has 0 bridgehead atoms. The Morgan fingerprint density at radius 3 is 2.65 bits per heavy atom. The maximum absolute atomic E-state index is 12.0. The lowest BCUT2D eigenvalue weighted by molar-refractivity contribution is -0.150. The van der Waals surface area contributed by atoms with E-state index in [-0.39, 0.29) is 17.7 Å². The third kappa shape index (κ3) is 1.75. The van der Waals surface area contributed by atoms with Crippen molar-refractivity contribution in [2.45, 2.75) is 26.4 Å². The number of carbonyl (C=O) groups excluding carboxylic acids is 3. The predicted octanol–water partition coefficient (Wildman–Crippen LogP) is 0.499. The largest absolute Gasteiger partial charge is 0.457 e. The molecule has 5 heteroatoms. The first-order valence-electron chi connectivity index (χ1n) is 5.58. The lowest BCUT2D eigenvalue weighted by Crippen LogP contribution is -2.38. The highest BCUT2D eigenvalue weighted by molar-refractivity contribution is 6.05. The van der Waals surface area contributed by atoms with Crippen LogP contribution in [-0.2, 0) is 19.1 Å². The lowest BCUT2D eigenvalue weighted by Gasteiger charge is -2.29. The molecule has 0 radical (unpaired) electrons. The maximum Gasteiger partial charge on any atom is 0.303 e. The second-order valence-electron chi connectivity index (χ2n) is 4.58. The Labute approximate surface area is 99.4 Å². The summed E-state index contributed by atoms with van der Waals surface area (Å²) in [6.07, 6.45) is 1.83. The average molecular weight is 237 g/mol. The maximum atomic E-state index is 12.0. The molecule has 92 valence electrons. The van der Waals surface area contributed by atoms with Crippen molar-refractivity contribution in [2.24, 2.45) is 11.8 Å². The molecule has 0 saturated carbocycles. The van der Waals surface area contributed by atoms with Crippen molar-refractivity contribution in [3.05, 3.63) is 11.6 Å². The molecule has 0 aromatic rings. The lowest BCUT2D eigenvalue weighted by atomic mass is 9.79. The summed E-state index contributed by atoms with van der Waals surface area (Å²) in [4.78, 5) is 36.0.